The van der Waals surface area contributed by atoms with Gasteiger partial charge in [0.05, 0.1) is 27.9 Å². The number of anilines is 1. The van der Waals surface area contributed by atoms with Crippen LogP contribution in [0.15, 0.2) is 60.2 Å². The van der Waals surface area contributed by atoms with E-state index in [0.717, 1.165) is 27.9 Å². The lowest BCUT2D eigenvalue weighted by molar-refractivity contribution is -0.132. The highest BCUT2D eigenvalue weighted by atomic mass is 35.5. The molecule has 5 rings (SSSR count). The van der Waals surface area contributed by atoms with E-state index < -0.39 is 35.1 Å². The number of nitrogens with zero attached hydrogens (tertiary/aromatic N) is 2. The summed E-state index contributed by atoms with van der Waals surface area (Å²) in [6.07, 6.45) is 0. The molecule has 188 valence electrons. The van der Waals surface area contributed by atoms with Crippen LogP contribution in [0.1, 0.15) is 29.7 Å². The fourth-order valence-electron chi connectivity index (χ4n) is 4.32. The average molecular weight is 541 g/mol. The van der Waals surface area contributed by atoms with E-state index in [-0.39, 0.29) is 31.5 Å². The van der Waals surface area contributed by atoms with Crippen LogP contribution in [0.2, 0.25) is 5.02 Å². The maximum atomic E-state index is 14.4. The van der Waals surface area contributed by atoms with Gasteiger partial charge in [0.2, 0.25) is 0 Å². The van der Waals surface area contributed by atoms with E-state index in [1.807, 2.05) is 13.0 Å². The number of halogens is 3. The quantitative estimate of drug-likeness (QED) is 0.176. The topological polar surface area (TPSA) is 79.7 Å². The van der Waals surface area contributed by atoms with Gasteiger partial charge in [0.15, 0.2) is 10.9 Å². The Bertz CT molecular complexity index is 1620. The van der Waals surface area contributed by atoms with Crippen molar-refractivity contribution in [3.05, 3.63) is 93.5 Å². The maximum Gasteiger partial charge on any atom is 0.301 e. The van der Waals surface area contributed by atoms with Gasteiger partial charge in [0.25, 0.3) is 5.78 Å². The fraction of sp³-hybridized carbons (Fsp3) is 0.148. The van der Waals surface area contributed by atoms with Crippen LogP contribution in [-0.4, -0.2) is 28.4 Å². The Balaban J connectivity index is 1.75. The molecule has 3 aromatic carbocycles. The summed E-state index contributed by atoms with van der Waals surface area (Å²) >= 11 is 7.23. The van der Waals surface area contributed by atoms with Gasteiger partial charge in [0, 0.05) is 11.6 Å². The van der Waals surface area contributed by atoms with E-state index in [1.165, 1.54) is 12.1 Å². The van der Waals surface area contributed by atoms with Crippen LogP contribution in [0.4, 0.5) is 13.9 Å². The third kappa shape index (κ3) is 4.34. The summed E-state index contributed by atoms with van der Waals surface area (Å²) < 4.78 is 33.9. The molecule has 37 heavy (non-hydrogen) atoms. The van der Waals surface area contributed by atoms with Crippen molar-refractivity contribution in [3.63, 3.8) is 0 Å². The zero-order valence-electron chi connectivity index (χ0n) is 19.6. The zero-order valence-corrected chi connectivity index (χ0v) is 21.2. The number of fused-ring (bicyclic) bond motifs is 1. The third-order valence-corrected chi connectivity index (χ3v) is 7.25. The molecule has 1 fully saturated rings. The largest absolute Gasteiger partial charge is 0.507 e. The summed E-state index contributed by atoms with van der Waals surface area (Å²) in [5, 5.41) is 11.5. The number of aryl methyl sites for hydroxylation is 1. The summed E-state index contributed by atoms with van der Waals surface area (Å²) in [7, 11) is 0. The highest BCUT2D eigenvalue weighted by molar-refractivity contribution is 7.22. The first-order valence-corrected chi connectivity index (χ1v) is 12.4. The van der Waals surface area contributed by atoms with Crippen LogP contribution in [-0.2, 0) is 9.59 Å². The molecule has 1 amide bonds. The van der Waals surface area contributed by atoms with E-state index in [1.54, 1.807) is 31.2 Å². The van der Waals surface area contributed by atoms with Crippen molar-refractivity contribution in [1.29, 1.82) is 0 Å². The first-order valence-electron chi connectivity index (χ1n) is 11.3. The van der Waals surface area contributed by atoms with E-state index >= 15 is 0 Å². The van der Waals surface area contributed by atoms with Crippen LogP contribution >= 0.6 is 22.9 Å². The van der Waals surface area contributed by atoms with Crippen molar-refractivity contribution in [2.75, 3.05) is 11.5 Å². The number of thiazole rings is 1. The van der Waals surface area contributed by atoms with Gasteiger partial charge in [-0.1, -0.05) is 52.8 Å². The number of aliphatic hydroxyl groups excluding tert-OH is 1. The van der Waals surface area contributed by atoms with Crippen molar-refractivity contribution >= 4 is 55.7 Å². The molecule has 2 heterocycles. The van der Waals surface area contributed by atoms with Gasteiger partial charge in [-0.25, -0.2) is 13.8 Å². The molecule has 6 nitrogen and oxygen atoms in total. The third-order valence-electron chi connectivity index (χ3n) is 5.91. The molecule has 1 aliphatic rings. The summed E-state index contributed by atoms with van der Waals surface area (Å²) in [6, 6.07) is 12.4. The number of hydrogen-bond acceptors (Lipinski definition) is 6. The molecule has 4 aromatic rings. The first kappa shape index (κ1) is 24.9. The molecule has 0 bridgehead atoms. The Morgan fingerprint density at radius 2 is 1.95 bits per heavy atom. The molecule has 1 atom stereocenters. The highest BCUT2D eigenvalue weighted by Gasteiger charge is 2.48. The minimum absolute atomic E-state index is 0.0127. The molecule has 10 heteroatoms. The van der Waals surface area contributed by atoms with Gasteiger partial charge in [-0.05, 0) is 43.7 Å². The fourth-order valence-corrected chi connectivity index (χ4v) is 5.56. The van der Waals surface area contributed by atoms with Crippen LogP contribution in [0.25, 0.3) is 16.0 Å². The standard InChI is InChI=1S/C27H19ClF2N2O4S/c1-3-36-16-7-8-18(28)17(12-16)24(33)21-23(14-6-4-5-13(2)9-14)32(26(35)25(21)34)27-31-22-19(30)10-15(29)11-20(22)37-27/h4-12,23,33H,3H2,1-2H3/b24-21+. The molecular formula is C27H19ClF2N2O4S. The van der Waals surface area contributed by atoms with E-state index in [9.17, 15) is 23.5 Å². The molecule has 1 N–H and O–H groups in total. The number of hydrogen-bond donors (Lipinski definition) is 1. The Labute approximate surface area is 219 Å². The number of ketones is 1. The Morgan fingerprint density at radius 3 is 2.68 bits per heavy atom. The number of amides is 1. The number of ether oxygens (including phenoxy) is 1. The molecule has 1 unspecified atom stereocenters. The monoisotopic (exact) mass is 540 g/mol. The molecule has 0 radical (unpaired) electrons. The number of rotatable bonds is 5. The summed E-state index contributed by atoms with van der Waals surface area (Å²) in [6.45, 7) is 4.00. The molecular weight excluding hydrogens is 522 g/mol. The Morgan fingerprint density at radius 1 is 1.16 bits per heavy atom. The van der Waals surface area contributed by atoms with Gasteiger partial charge in [-0.2, -0.15) is 0 Å². The second-order valence-corrected chi connectivity index (χ2v) is 9.80. The smallest absolute Gasteiger partial charge is 0.301 e. The second kappa shape index (κ2) is 9.57. The van der Waals surface area contributed by atoms with Crippen molar-refractivity contribution in [3.8, 4) is 5.75 Å². The van der Waals surface area contributed by atoms with Gasteiger partial charge in [-0.3, -0.25) is 14.5 Å². The van der Waals surface area contributed by atoms with Crippen molar-refractivity contribution in [2.45, 2.75) is 19.9 Å². The number of carbonyl (C=O) groups excluding carboxylic acids is 2. The summed E-state index contributed by atoms with van der Waals surface area (Å²) in [5.74, 6) is -3.68. The van der Waals surface area contributed by atoms with Crippen LogP contribution < -0.4 is 9.64 Å². The normalized spacial score (nSPS) is 17.1. The highest BCUT2D eigenvalue weighted by Crippen LogP contribution is 2.45. The Hall–Kier alpha value is -3.82. The van der Waals surface area contributed by atoms with Crippen molar-refractivity contribution in [1.82, 2.24) is 4.98 Å². The minimum atomic E-state index is -1.10. The van der Waals surface area contributed by atoms with Crippen molar-refractivity contribution < 1.29 is 28.2 Å². The number of carbonyl (C=O) groups is 2. The van der Waals surface area contributed by atoms with Gasteiger partial charge in [0.1, 0.15) is 22.8 Å². The van der Waals surface area contributed by atoms with Crippen LogP contribution in [0, 0.1) is 18.6 Å². The SMILES string of the molecule is CCOc1ccc(Cl)c(/C(O)=C2\C(=O)C(=O)N(c3nc4c(F)cc(F)cc4s3)C2c2cccc(C)c2)c1. The van der Waals surface area contributed by atoms with E-state index in [2.05, 4.69) is 4.98 Å². The first-order chi connectivity index (χ1) is 17.7. The lowest BCUT2D eigenvalue weighted by Gasteiger charge is -2.23. The zero-order chi connectivity index (χ0) is 26.4. The number of aliphatic hydroxyl groups is 1. The average Bonchev–Trinajstić information content (AvgIpc) is 3.39. The number of benzene rings is 3. The van der Waals surface area contributed by atoms with Crippen LogP contribution in [0.5, 0.6) is 5.75 Å². The maximum absolute atomic E-state index is 14.4. The summed E-state index contributed by atoms with van der Waals surface area (Å²) in [4.78, 5) is 32.1. The van der Waals surface area contributed by atoms with Gasteiger partial charge < -0.3 is 9.84 Å². The Kier molecular flexibility index (Phi) is 6.43. The molecule has 1 saturated heterocycles. The summed E-state index contributed by atoms with van der Waals surface area (Å²) in [5.41, 5.74) is 1.14. The predicted octanol–water partition coefficient (Wildman–Crippen LogP) is 6.56. The molecule has 0 spiro atoms. The van der Waals surface area contributed by atoms with Crippen molar-refractivity contribution in [2.24, 2.45) is 0 Å². The number of Topliss-reactive ketones (excluding diaryl/α,β-unsaturated/α-hetero) is 1. The minimum Gasteiger partial charge on any atom is -0.507 e. The van der Waals surface area contributed by atoms with Gasteiger partial charge >= 0.3 is 5.91 Å². The lowest BCUT2D eigenvalue weighted by Crippen LogP contribution is -2.29. The molecule has 0 aliphatic carbocycles. The second-order valence-electron chi connectivity index (χ2n) is 8.39. The lowest BCUT2D eigenvalue weighted by atomic mass is 9.94. The molecule has 1 aromatic heterocycles. The predicted molar refractivity (Wildman–Crippen MR) is 138 cm³/mol. The van der Waals surface area contributed by atoms with Crippen LogP contribution in [0.3, 0.4) is 0 Å². The van der Waals surface area contributed by atoms with Gasteiger partial charge in [-0.15, -0.1) is 0 Å². The molecule has 1 aliphatic heterocycles. The van der Waals surface area contributed by atoms with E-state index in [0.29, 0.717) is 24.0 Å². The van der Waals surface area contributed by atoms with E-state index in [4.69, 9.17) is 16.3 Å². The number of aromatic nitrogens is 1. The molecule has 0 saturated carbocycles.